The summed E-state index contributed by atoms with van der Waals surface area (Å²) in [5.41, 5.74) is -0.155. The van der Waals surface area contributed by atoms with Gasteiger partial charge in [-0.15, -0.1) is 0 Å². The molecule has 16 heavy (non-hydrogen) atoms. The van der Waals surface area contributed by atoms with Crippen LogP contribution in [0.25, 0.3) is 0 Å². The van der Waals surface area contributed by atoms with Crippen LogP contribution < -0.4 is 4.74 Å². The zero-order chi connectivity index (χ0) is 12.3. The second-order valence-electron chi connectivity index (χ2n) is 4.73. The third kappa shape index (κ3) is 3.55. The molecule has 1 atom stereocenters. The number of rotatable bonds is 3. The number of ether oxygens (including phenoxy) is 1. The van der Waals surface area contributed by atoms with Crippen LogP contribution in [0.4, 0.5) is 0 Å². The summed E-state index contributed by atoms with van der Waals surface area (Å²) in [6, 6.07) is 5.04. The number of benzene rings is 1. The molecule has 0 aliphatic heterocycles. The van der Waals surface area contributed by atoms with Crippen LogP contribution in [0.1, 0.15) is 20.8 Å². The van der Waals surface area contributed by atoms with Gasteiger partial charge in [-0.2, -0.15) is 0 Å². The Kier molecular flexibility index (Phi) is 4.48. The van der Waals surface area contributed by atoms with E-state index in [0.717, 1.165) is 0 Å². The molecule has 0 fully saturated rings. The minimum atomic E-state index is -0.300. The van der Waals surface area contributed by atoms with Crippen molar-refractivity contribution >= 4 is 23.2 Å². The fourth-order valence-corrected chi connectivity index (χ4v) is 1.66. The van der Waals surface area contributed by atoms with Crippen LogP contribution in [0, 0.1) is 5.41 Å². The Balaban J connectivity index is 2.86. The molecular weight excluding hydrogens is 247 g/mol. The summed E-state index contributed by atoms with van der Waals surface area (Å²) in [4.78, 5) is 0. The summed E-state index contributed by atoms with van der Waals surface area (Å²) < 4.78 is 5.67. The average molecular weight is 263 g/mol. The topological polar surface area (TPSA) is 29.5 Å². The summed E-state index contributed by atoms with van der Waals surface area (Å²) in [7, 11) is 0. The van der Waals surface area contributed by atoms with Crippen LogP contribution in [0.2, 0.25) is 10.0 Å². The van der Waals surface area contributed by atoms with Crippen LogP contribution in [0.3, 0.4) is 0 Å². The van der Waals surface area contributed by atoms with E-state index in [0.29, 0.717) is 15.8 Å². The van der Waals surface area contributed by atoms with Crippen molar-refractivity contribution in [1.29, 1.82) is 0 Å². The van der Waals surface area contributed by atoms with Crippen LogP contribution in [-0.2, 0) is 0 Å². The first-order valence-corrected chi connectivity index (χ1v) is 5.82. The number of hydrogen-bond donors (Lipinski definition) is 1. The van der Waals surface area contributed by atoms with Crippen molar-refractivity contribution in [2.75, 3.05) is 6.61 Å². The SMILES string of the molecule is CC(C)(C)C(CO)Oc1ccc(Cl)cc1Cl. The predicted octanol–water partition coefficient (Wildman–Crippen LogP) is 3.78. The van der Waals surface area contributed by atoms with E-state index in [1.165, 1.54) is 0 Å². The first kappa shape index (κ1) is 13.6. The zero-order valence-corrected chi connectivity index (χ0v) is 11.1. The molecule has 0 aliphatic rings. The van der Waals surface area contributed by atoms with Gasteiger partial charge >= 0.3 is 0 Å². The second kappa shape index (κ2) is 5.26. The molecule has 1 rings (SSSR count). The molecule has 90 valence electrons. The first-order chi connectivity index (χ1) is 7.34. The Morgan fingerprint density at radius 1 is 1.31 bits per heavy atom. The van der Waals surface area contributed by atoms with Crippen molar-refractivity contribution in [3.05, 3.63) is 28.2 Å². The van der Waals surface area contributed by atoms with Gasteiger partial charge in [0.15, 0.2) is 0 Å². The van der Waals surface area contributed by atoms with Gasteiger partial charge in [0.2, 0.25) is 0 Å². The molecule has 0 heterocycles. The Hall–Kier alpha value is -0.440. The highest BCUT2D eigenvalue weighted by Gasteiger charge is 2.26. The van der Waals surface area contributed by atoms with Gasteiger partial charge < -0.3 is 9.84 Å². The molecule has 1 unspecified atom stereocenters. The van der Waals surface area contributed by atoms with Gasteiger partial charge in [0.1, 0.15) is 11.9 Å². The predicted molar refractivity (Wildman–Crippen MR) is 67.4 cm³/mol. The van der Waals surface area contributed by atoms with Crippen molar-refractivity contribution in [2.45, 2.75) is 26.9 Å². The van der Waals surface area contributed by atoms with Crippen molar-refractivity contribution in [2.24, 2.45) is 5.41 Å². The summed E-state index contributed by atoms with van der Waals surface area (Å²) in [5, 5.41) is 10.3. The lowest BCUT2D eigenvalue weighted by Crippen LogP contribution is -2.35. The monoisotopic (exact) mass is 262 g/mol. The molecule has 0 saturated heterocycles. The van der Waals surface area contributed by atoms with Crippen molar-refractivity contribution < 1.29 is 9.84 Å². The van der Waals surface area contributed by atoms with E-state index in [-0.39, 0.29) is 18.1 Å². The third-order valence-corrected chi connectivity index (χ3v) is 2.83. The van der Waals surface area contributed by atoms with Gasteiger partial charge in [-0.3, -0.25) is 0 Å². The van der Waals surface area contributed by atoms with E-state index in [1.807, 2.05) is 20.8 Å². The molecule has 0 aliphatic carbocycles. The molecular formula is C12H16Cl2O2. The minimum absolute atomic E-state index is 0.0531. The molecule has 4 heteroatoms. The van der Waals surface area contributed by atoms with E-state index in [4.69, 9.17) is 27.9 Å². The fourth-order valence-electron chi connectivity index (χ4n) is 1.21. The highest BCUT2D eigenvalue weighted by Crippen LogP contribution is 2.31. The molecule has 1 N–H and O–H groups in total. The van der Waals surface area contributed by atoms with Gasteiger partial charge in [0, 0.05) is 10.4 Å². The van der Waals surface area contributed by atoms with Crippen LogP contribution >= 0.6 is 23.2 Å². The van der Waals surface area contributed by atoms with E-state index in [9.17, 15) is 5.11 Å². The lowest BCUT2D eigenvalue weighted by molar-refractivity contribution is 0.0333. The average Bonchev–Trinajstić information content (AvgIpc) is 2.14. The standard InChI is InChI=1S/C12H16Cl2O2/c1-12(2,3)11(7-15)16-10-5-4-8(13)6-9(10)14/h4-6,11,15H,7H2,1-3H3. The minimum Gasteiger partial charge on any atom is -0.486 e. The van der Waals surface area contributed by atoms with Crippen molar-refractivity contribution in [3.8, 4) is 5.75 Å². The molecule has 0 radical (unpaired) electrons. The molecule has 0 spiro atoms. The molecule has 1 aromatic rings. The van der Waals surface area contributed by atoms with Crippen LogP contribution in [-0.4, -0.2) is 17.8 Å². The summed E-state index contributed by atoms with van der Waals surface area (Å²) in [6.07, 6.45) is -0.300. The molecule has 0 saturated carbocycles. The number of hydrogen-bond acceptors (Lipinski definition) is 2. The maximum atomic E-state index is 9.27. The van der Waals surface area contributed by atoms with E-state index >= 15 is 0 Å². The van der Waals surface area contributed by atoms with Crippen LogP contribution in [0.15, 0.2) is 18.2 Å². The first-order valence-electron chi connectivity index (χ1n) is 5.07. The Labute approximate surface area is 106 Å². The Morgan fingerprint density at radius 2 is 1.94 bits per heavy atom. The summed E-state index contributed by atoms with van der Waals surface area (Å²) in [6.45, 7) is 5.94. The smallest absolute Gasteiger partial charge is 0.138 e. The molecule has 2 nitrogen and oxygen atoms in total. The van der Waals surface area contributed by atoms with Gasteiger partial charge in [0.25, 0.3) is 0 Å². The molecule has 0 aromatic heterocycles. The summed E-state index contributed by atoms with van der Waals surface area (Å²) in [5.74, 6) is 0.542. The van der Waals surface area contributed by atoms with Gasteiger partial charge in [-0.25, -0.2) is 0 Å². The zero-order valence-electron chi connectivity index (χ0n) is 9.63. The van der Waals surface area contributed by atoms with E-state index < -0.39 is 0 Å². The number of aliphatic hydroxyl groups excluding tert-OH is 1. The van der Waals surface area contributed by atoms with E-state index in [2.05, 4.69) is 0 Å². The quantitative estimate of drug-likeness (QED) is 0.899. The second-order valence-corrected chi connectivity index (χ2v) is 5.57. The Morgan fingerprint density at radius 3 is 2.38 bits per heavy atom. The molecule has 1 aromatic carbocycles. The third-order valence-electron chi connectivity index (χ3n) is 2.29. The molecule has 0 amide bonds. The molecule has 0 bridgehead atoms. The largest absolute Gasteiger partial charge is 0.486 e. The van der Waals surface area contributed by atoms with Gasteiger partial charge in [-0.05, 0) is 18.2 Å². The van der Waals surface area contributed by atoms with Crippen LogP contribution in [0.5, 0.6) is 5.75 Å². The van der Waals surface area contributed by atoms with Crippen molar-refractivity contribution in [3.63, 3.8) is 0 Å². The lowest BCUT2D eigenvalue weighted by atomic mass is 9.89. The van der Waals surface area contributed by atoms with Gasteiger partial charge in [0.05, 0.1) is 11.6 Å². The maximum Gasteiger partial charge on any atom is 0.138 e. The van der Waals surface area contributed by atoms with E-state index in [1.54, 1.807) is 18.2 Å². The van der Waals surface area contributed by atoms with Gasteiger partial charge in [-0.1, -0.05) is 44.0 Å². The highest BCUT2D eigenvalue weighted by molar-refractivity contribution is 6.35. The number of halogens is 2. The normalized spacial score (nSPS) is 13.6. The summed E-state index contributed by atoms with van der Waals surface area (Å²) >= 11 is 11.8. The highest BCUT2D eigenvalue weighted by atomic mass is 35.5. The van der Waals surface area contributed by atoms with Crippen molar-refractivity contribution in [1.82, 2.24) is 0 Å². The fraction of sp³-hybridized carbons (Fsp3) is 0.500. The lowest BCUT2D eigenvalue weighted by Gasteiger charge is -2.29. The number of aliphatic hydroxyl groups is 1. The maximum absolute atomic E-state index is 9.27. The Bertz CT molecular complexity index is 359.